The van der Waals surface area contributed by atoms with Crippen LogP contribution in [0.3, 0.4) is 0 Å². The van der Waals surface area contributed by atoms with E-state index in [2.05, 4.69) is 50.7 Å². The molecule has 0 bridgehead atoms. The number of rotatable bonds is 12. The van der Waals surface area contributed by atoms with E-state index in [1.165, 1.54) is 6.07 Å². The standard InChI is InChI=1S/C28H36ClFN8O2Si/c1-41(2,3)17-16-39-19-38-15-12-25(35-38)32-24-9-4-6-20(31-24)18-28(27-33-36-37-34-27)13-10-21(11-14-28)40-23-8-5-7-22(29)26(23)30/h4-9,12,15,21H,10-11,13-14,16-19H2,1-3H3,(H,31,32,35)(H,33,34,36,37)/t21-,28+. The predicted molar refractivity (Wildman–Crippen MR) is 158 cm³/mol. The number of nitrogens with zero attached hydrogens (tertiary/aromatic N) is 6. The molecule has 10 nitrogen and oxygen atoms in total. The molecule has 3 aromatic heterocycles. The monoisotopic (exact) mass is 598 g/mol. The summed E-state index contributed by atoms with van der Waals surface area (Å²) in [5.41, 5.74) is 0.523. The second kappa shape index (κ2) is 12.7. The number of tetrazole rings is 1. The van der Waals surface area contributed by atoms with E-state index in [0.29, 0.717) is 43.5 Å². The average Bonchev–Trinajstić information content (AvgIpc) is 3.63. The topological polar surface area (TPSA) is 116 Å². The number of aromatic nitrogens is 7. The Morgan fingerprint density at radius 1 is 1.12 bits per heavy atom. The maximum absolute atomic E-state index is 14.4. The summed E-state index contributed by atoms with van der Waals surface area (Å²) in [5, 5.41) is 23.0. The quantitative estimate of drug-likeness (QED) is 0.147. The third-order valence-electron chi connectivity index (χ3n) is 7.36. The molecule has 41 heavy (non-hydrogen) atoms. The van der Waals surface area contributed by atoms with Crippen molar-refractivity contribution in [2.75, 3.05) is 11.9 Å². The minimum absolute atomic E-state index is 0.0524. The lowest BCUT2D eigenvalue weighted by Crippen LogP contribution is -2.38. The van der Waals surface area contributed by atoms with Gasteiger partial charge in [-0.2, -0.15) is 10.3 Å². The number of hydrogen-bond donors (Lipinski definition) is 2. The van der Waals surface area contributed by atoms with Gasteiger partial charge >= 0.3 is 0 Å². The lowest BCUT2D eigenvalue weighted by molar-refractivity contribution is 0.0788. The molecule has 1 aliphatic rings. The van der Waals surface area contributed by atoms with Crippen molar-refractivity contribution in [3.8, 4) is 5.75 Å². The number of halogens is 2. The van der Waals surface area contributed by atoms with Crippen LogP contribution >= 0.6 is 11.6 Å². The van der Waals surface area contributed by atoms with Gasteiger partial charge < -0.3 is 14.8 Å². The van der Waals surface area contributed by atoms with Gasteiger partial charge in [0.05, 0.1) is 11.1 Å². The number of pyridine rings is 1. The van der Waals surface area contributed by atoms with Gasteiger partial charge in [-0.1, -0.05) is 48.6 Å². The second-order valence-electron chi connectivity index (χ2n) is 11.8. The Morgan fingerprint density at radius 3 is 2.68 bits per heavy atom. The molecule has 4 aromatic rings. The number of benzene rings is 1. The highest BCUT2D eigenvalue weighted by Crippen LogP contribution is 2.41. The Hall–Kier alpha value is -3.35. The van der Waals surface area contributed by atoms with Gasteiger partial charge in [0.15, 0.2) is 23.2 Å². The highest BCUT2D eigenvalue weighted by Gasteiger charge is 2.41. The van der Waals surface area contributed by atoms with Crippen molar-refractivity contribution in [3.63, 3.8) is 0 Å². The van der Waals surface area contributed by atoms with Gasteiger partial charge in [-0.3, -0.25) is 0 Å². The summed E-state index contributed by atoms with van der Waals surface area (Å²) < 4.78 is 28.0. The van der Waals surface area contributed by atoms with Gasteiger partial charge in [-0.25, -0.2) is 14.1 Å². The molecule has 1 saturated carbocycles. The smallest absolute Gasteiger partial charge is 0.183 e. The highest BCUT2D eigenvalue weighted by atomic mass is 35.5. The first-order valence-corrected chi connectivity index (χ1v) is 18.0. The molecule has 0 atom stereocenters. The summed E-state index contributed by atoms with van der Waals surface area (Å²) in [6.45, 7) is 8.17. The number of hydrogen-bond acceptors (Lipinski definition) is 8. The molecule has 0 spiro atoms. The third kappa shape index (κ3) is 7.69. The predicted octanol–water partition coefficient (Wildman–Crippen LogP) is 6.14. The molecule has 13 heteroatoms. The van der Waals surface area contributed by atoms with Gasteiger partial charge in [0, 0.05) is 44.5 Å². The van der Waals surface area contributed by atoms with Crippen molar-refractivity contribution in [2.45, 2.75) is 76.0 Å². The molecule has 0 amide bonds. The highest BCUT2D eigenvalue weighted by molar-refractivity contribution is 6.76. The Morgan fingerprint density at radius 2 is 1.93 bits per heavy atom. The Kier molecular flexibility index (Phi) is 9.00. The molecule has 0 aliphatic heterocycles. The maximum atomic E-state index is 14.4. The first-order valence-electron chi connectivity index (χ1n) is 13.9. The van der Waals surface area contributed by atoms with Crippen LogP contribution in [-0.2, 0) is 23.3 Å². The van der Waals surface area contributed by atoms with Gasteiger partial charge in [0.25, 0.3) is 0 Å². The average molecular weight is 599 g/mol. The van der Waals surface area contributed by atoms with E-state index in [9.17, 15) is 4.39 Å². The first kappa shape index (κ1) is 29.1. The zero-order valence-electron chi connectivity index (χ0n) is 23.6. The molecule has 1 aliphatic carbocycles. The molecule has 3 heterocycles. The molecule has 1 aromatic carbocycles. The van der Waals surface area contributed by atoms with Crippen molar-refractivity contribution in [1.82, 2.24) is 35.4 Å². The van der Waals surface area contributed by atoms with Gasteiger partial charge in [-0.15, -0.1) is 10.2 Å². The SMILES string of the molecule is C[Si](C)(C)CCOCn1ccc(Nc2cccc(C[C@]3(c4nn[nH]n4)CC[C@@H](Oc4cccc(Cl)c4F)CC3)n2)n1. The van der Waals surface area contributed by atoms with E-state index in [-0.39, 0.29) is 22.3 Å². The van der Waals surface area contributed by atoms with Crippen LogP contribution in [-0.4, -0.2) is 56.2 Å². The molecular formula is C28H36ClFN8O2Si. The summed E-state index contributed by atoms with van der Waals surface area (Å²) in [5.74, 6) is 1.69. The zero-order valence-corrected chi connectivity index (χ0v) is 25.4. The minimum atomic E-state index is -1.12. The van der Waals surface area contributed by atoms with Crippen molar-refractivity contribution in [1.29, 1.82) is 0 Å². The lowest BCUT2D eigenvalue weighted by atomic mass is 9.69. The van der Waals surface area contributed by atoms with E-state index in [1.54, 1.807) is 16.8 Å². The summed E-state index contributed by atoms with van der Waals surface area (Å²) >= 11 is 5.94. The van der Waals surface area contributed by atoms with Crippen molar-refractivity contribution >= 4 is 31.3 Å². The minimum Gasteiger partial charge on any atom is -0.487 e. The molecule has 2 N–H and O–H groups in total. The molecule has 5 rings (SSSR count). The van der Waals surface area contributed by atoms with Crippen LogP contribution in [0.4, 0.5) is 16.0 Å². The summed E-state index contributed by atoms with van der Waals surface area (Å²) in [7, 11) is -1.12. The second-order valence-corrected chi connectivity index (χ2v) is 17.8. The molecule has 0 radical (unpaired) electrons. The van der Waals surface area contributed by atoms with Gasteiger partial charge in [0.2, 0.25) is 0 Å². The summed E-state index contributed by atoms with van der Waals surface area (Å²) in [4.78, 5) is 4.87. The number of aromatic amines is 1. The van der Waals surface area contributed by atoms with Gasteiger partial charge in [-0.05, 0) is 56.0 Å². The van der Waals surface area contributed by atoms with Crippen LogP contribution in [0.2, 0.25) is 30.7 Å². The number of nitrogens with one attached hydrogen (secondary N) is 2. The fourth-order valence-corrected chi connectivity index (χ4v) is 5.97. The Balaban J connectivity index is 1.22. The van der Waals surface area contributed by atoms with Crippen LogP contribution in [0.1, 0.15) is 37.2 Å². The summed E-state index contributed by atoms with van der Waals surface area (Å²) in [6.07, 6.45) is 5.26. The molecule has 0 unspecified atom stereocenters. The van der Waals surface area contributed by atoms with Crippen LogP contribution < -0.4 is 10.1 Å². The first-order chi connectivity index (χ1) is 19.7. The lowest BCUT2D eigenvalue weighted by Gasteiger charge is -2.37. The number of H-pyrrole nitrogens is 1. The van der Waals surface area contributed by atoms with E-state index < -0.39 is 13.9 Å². The van der Waals surface area contributed by atoms with Crippen LogP contribution in [0.15, 0.2) is 48.7 Å². The van der Waals surface area contributed by atoms with Crippen LogP contribution in [0, 0.1) is 5.82 Å². The molecule has 1 fully saturated rings. The van der Waals surface area contributed by atoms with Crippen molar-refractivity contribution in [2.24, 2.45) is 0 Å². The largest absolute Gasteiger partial charge is 0.487 e. The van der Waals surface area contributed by atoms with Crippen LogP contribution in [0.5, 0.6) is 5.75 Å². The zero-order chi connectivity index (χ0) is 28.9. The normalized spacial score (nSPS) is 19.3. The maximum Gasteiger partial charge on any atom is 0.183 e. The van der Waals surface area contributed by atoms with Crippen LogP contribution in [0.25, 0.3) is 0 Å². The van der Waals surface area contributed by atoms with Crippen molar-refractivity contribution < 1.29 is 13.9 Å². The molecule has 0 saturated heterocycles. The van der Waals surface area contributed by atoms with E-state index in [4.69, 9.17) is 26.1 Å². The number of ether oxygens (including phenoxy) is 2. The Bertz CT molecular complexity index is 1420. The summed E-state index contributed by atoms with van der Waals surface area (Å²) in [6, 6.07) is 13.7. The molecule has 218 valence electrons. The van der Waals surface area contributed by atoms with E-state index in [1.807, 2.05) is 30.5 Å². The fraction of sp³-hybridized carbons (Fsp3) is 0.464. The van der Waals surface area contributed by atoms with E-state index in [0.717, 1.165) is 31.2 Å². The molecular weight excluding hydrogens is 563 g/mol. The van der Waals surface area contributed by atoms with Crippen molar-refractivity contribution in [3.05, 3.63) is 71.0 Å². The fourth-order valence-electron chi connectivity index (χ4n) is 5.04. The Labute approximate surface area is 245 Å². The van der Waals surface area contributed by atoms with Gasteiger partial charge in [0.1, 0.15) is 12.5 Å². The van der Waals surface area contributed by atoms with E-state index >= 15 is 0 Å². The third-order valence-corrected chi connectivity index (χ3v) is 9.36. The number of anilines is 2.